The molecule has 2 heterocycles. The van der Waals surface area contributed by atoms with Gasteiger partial charge in [0, 0.05) is 0 Å². The summed E-state index contributed by atoms with van der Waals surface area (Å²) in [4.78, 5) is 24.0. The number of aliphatic hydroxyl groups excluding tert-OH is 2. The lowest BCUT2D eigenvalue weighted by atomic mass is 10.1. The normalized spacial score (nSPS) is 26.6. The molecule has 9 heteroatoms. The van der Waals surface area contributed by atoms with Crippen LogP contribution in [0.2, 0.25) is 0 Å². The monoisotopic (exact) mass is 276 g/mol. The van der Waals surface area contributed by atoms with Crippen molar-refractivity contribution in [1.82, 2.24) is 9.55 Å². The Morgan fingerprint density at radius 2 is 2.21 bits per heavy atom. The zero-order valence-electron chi connectivity index (χ0n) is 9.68. The van der Waals surface area contributed by atoms with Gasteiger partial charge in [0.1, 0.15) is 6.61 Å². The second-order valence-electron chi connectivity index (χ2n) is 4.12. The highest BCUT2D eigenvalue weighted by atomic mass is 19.1. The average Bonchev–Trinajstić information content (AvgIpc) is 2.56. The van der Waals surface area contributed by atoms with Gasteiger partial charge in [0.2, 0.25) is 17.7 Å². The smallest absolute Gasteiger partial charge is 0.331 e. The maximum atomic E-state index is 14.3. The number of H-pyrrole nitrogens is 1. The Bertz CT molecular complexity index is 661. The molecule has 1 aromatic heterocycles. The lowest BCUT2D eigenvalue weighted by Crippen LogP contribution is -2.40. The summed E-state index contributed by atoms with van der Waals surface area (Å²) < 4.78 is 32.8. The van der Waals surface area contributed by atoms with Crippen molar-refractivity contribution >= 4 is 0 Å². The summed E-state index contributed by atoms with van der Waals surface area (Å²) >= 11 is 0. The van der Waals surface area contributed by atoms with Crippen LogP contribution in [-0.2, 0) is 4.74 Å². The number of nitrogens with one attached hydrogen (secondary N) is 1. The summed E-state index contributed by atoms with van der Waals surface area (Å²) in [5.74, 6) is -2.66. The third kappa shape index (κ3) is 1.91. The van der Waals surface area contributed by atoms with Crippen LogP contribution in [0.3, 0.4) is 0 Å². The molecule has 2 rings (SSSR count). The second kappa shape index (κ2) is 4.19. The van der Waals surface area contributed by atoms with E-state index in [0.29, 0.717) is 10.8 Å². The molecule has 0 amide bonds. The Balaban J connectivity index is 2.54. The van der Waals surface area contributed by atoms with Gasteiger partial charge in [-0.2, -0.15) is 4.39 Å². The van der Waals surface area contributed by atoms with E-state index >= 15 is 0 Å². The Labute approximate surface area is 104 Å². The molecule has 1 unspecified atom stereocenters. The minimum Gasteiger partial charge on any atom is -0.506 e. The quantitative estimate of drug-likeness (QED) is 0.687. The van der Waals surface area contributed by atoms with E-state index in [0.717, 1.165) is 6.92 Å². The van der Waals surface area contributed by atoms with Crippen LogP contribution < -0.4 is 11.2 Å². The van der Waals surface area contributed by atoms with E-state index in [1.54, 1.807) is 4.98 Å². The van der Waals surface area contributed by atoms with Gasteiger partial charge in [0.25, 0.3) is 5.56 Å². The maximum Gasteiger partial charge on any atom is 0.331 e. The summed E-state index contributed by atoms with van der Waals surface area (Å²) in [6, 6.07) is 0. The van der Waals surface area contributed by atoms with Crippen molar-refractivity contribution < 1.29 is 23.7 Å². The third-order valence-electron chi connectivity index (χ3n) is 2.77. The summed E-state index contributed by atoms with van der Waals surface area (Å²) in [5.41, 5.74) is -4.90. The topological polar surface area (TPSA) is 105 Å². The highest BCUT2D eigenvalue weighted by Crippen LogP contribution is 2.42. The van der Waals surface area contributed by atoms with Gasteiger partial charge in [-0.1, -0.05) is 0 Å². The van der Waals surface area contributed by atoms with Gasteiger partial charge >= 0.3 is 5.69 Å². The van der Waals surface area contributed by atoms with E-state index in [4.69, 9.17) is 9.84 Å². The van der Waals surface area contributed by atoms with Crippen LogP contribution in [0.15, 0.2) is 27.3 Å². The van der Waals surface area contributed by atoms with Crippen molar-refractivity contribution in [2.24, 2.45) is 0 Å². The molecule has 0 spiro atoms. The van der Waals surface area contributed by atoms with E-state index in [1.165, 1.54) is 0 Å². The molecule has 19 heavy (non-hydrogen) atoms. The third-order valence-corrected chi connectivity index (χ3v) is 2.77. The van der Waals surface area contributed by atoms with Crippen LogP contribution >= 0.6 is 0 Å². The fraction of sp³-hybridized carbons (Fsp3) is 0.400. The van der Waals surface area contributed by atoms with Crippen molar-refractivity contribution in [3.8, 4) is 0 Å². The van der Waals surface area contributed by atoms with Crippen LogP contribution in [0.4, 0.5) is 8.78 Å². The predicted octanol–water partition coefficient (Wildman–Crippen LogP) is -0.305. The summed E-state index contributed by atoms with van der Waals surface area (Å²) in [6.45, 7) is 0.105. The van der Waals surface area contributed by atoms with Crippen LogP contribution in [-0.4, -0.2) is 32.0 Å². The molecule has 1 aliphatic rings. The fourth-order valence-electron chi connectivity index (χ4n) is 1.76. The number of halogens is 2. The van der Waals surface area contributed by atoms with Crippen molar-refractivity contribution in [3.63, 3.8) is 0 Å². The highest BCUT2D eigenvalue weighted by molar-refractivity contribution is 5.20. The van der Waals surface area contributed by atoms with Crippen LogP contribution in [0.25, 0.3) is 0 Å². The molecule has 1 aliphatic heterocycles. The molecular formula is C10H10F2N2O5. The first kappa shape index (κ1) is 13.3. The SMILES string of the molecule is CC1(F)C(O)=C(CO)O[C@H]1n1cc(F)c(=O)[nH]c1=O. The first-order valence-electron chi connectivity index (χ1n) is 5.19. The van der Waals surface area contributed by atoms with Crippen molar-refractivity contribution in [3.05, 3.63) is 44.4 Å². The maximum absolute atomic E-state index is 14.3. The van der Waals surface area contributed by atoms with E-state index < -0.39 is 47.1 Å². The Morgan fingerprint density at radius 1 is 1.58 bits per heavy atom. The van der Waals surface area contributed by atoms with Crippen LogP contribution in [0.5, 0.6) is 0 Å². The number of nitrogens with zero attached hydrogens (tertiary/aromatic N) is 1. The van der Waals surface area contributed by atoms with Gasteiger partial charge in [-0.05, 0) is 6.92 Å². The lowest BCUT2D eigenvalue weighted by molar-refractivity contribution is -0.0315. The van der Waals surface area contributed by atoms with Gasteiger partial charge < -0.3 is 14.9 Å². The minimum absolute atomic E-state index is 0.454. The molecular weight excluding hydrogens is 266 g/mol. The second-order valence-corrected chi connectivity index (χ2v) is 4.12. The van der Waals surface area contributed by atoms with Crippen molar-refractivity contribution in [1.29, 1.82) is 0 Å². The van der Waals surface area contributed by atoms with E-state index in [2.05, 4.69) is 0 Å². The molecule has 0 fully saturated rings. The first-order valence-corrected chi connectivity index (χ1v) is 5.19. The van der Waals surface area contributed by atoms with E-state index in [1.807, 2.05) is 0 Å². The zero-order chi connectivity index (χ0) is 14.4. The van der Waals surface area contributed by atoms with Gasteiger partial charge in [-0.15, -0.1) is 0 Å². The number of aromatic amines is 1. The molecule has 0 radical (unpaired) electrons. The van der Waals surface area contributed by atoms with Crippen molar-refractivity contribution in [2.45, 2.75) is 18.8 Å². The molecule has 7 nitrogen and oxygen atoms in total. The first-order chi connectivity index (χ1) is 8.78. The lowest BCUT2D eigenvalue weighted by Gasteiger charge is -2.23. The number of aromatic nitrogens is 2. The molecule has 0 saturated heterocycles. The van der Waals surface area contributed by atoms with E-state index in [-0.39, 0.29) is 0 Å². The number of ether oxygens (including phenoxy) is 1. The van der Waals surface area contributed by atoms with Gasteiger partial charge in [-0.3, -0.25) is 14.3 Å². The van der Waals surface area contributed by atoms with Gasteiger partial charge in [-0.25, -0.2) is 9.18 Å². The largest absolute Gasteiger partial charge is 0.506 e. The summed E-state index contributed by atoms with van der Waals surface area (Å²) in [5, 5.41) is 18.4. The summed E-state index contributed by atoms with van der Waals surface area (Å²) in [7, 11) is 0. The Morgan fingerprint density at radius 3 is 2.74 bits per heavy atom. The predicted molar refractivity (Wildman–Crippen MR) is 57.7 cm³/mol. The number of hydrogen-bond acceptors (Lipinski definition) is 5. The molecule has 104 valence electrons. The number of rotatable bonds is 2. The standard InChI is InChI=1S/C10H10F2N2O5/c1-10(12)6(16)5(3-15)19-8(10)14-2-4(11)7(17)13-9(14)18/h2,8,15-16H,3H2,1H3,(H,13,17,18)/t8-,10?/m1/s1. The summed E-state index contributed by atoms with van der Waals surface area (Å²) in [6.07, 6.45) is -1.26. The molecule has 0 bridgehead atoms. The number of alkyl halides is 1. The highest BCUT2D eigenvalue weighted by Gasteiger charge is 2.50. The molecule has 0 saturated carbocycles. The molecule has 0 aliphatic carbocycles. The Hall–Kier alpha value is -2.16. The van der Waals surface area contributed by atoms with Crippen LogP contribution in [0.1, 0.15) is 13.2 Å². The number of aliphatic hydroxyl groups is 2. The fourth-order valence-corrected chi connectivity index (χ4v) is 1.76. The van der Waals surface area contributed by atoms with Gasteiger partial charge in [0.05, 0.1) is 6.20 Å². The molecule has 3 N–H and O–H groups in total. The van der Waals surface area contributed by atoms with E-state index in [9.17, 15) is 23.5 Å². The number of hydrogen-bond donors (Lipinski definition) is 3. The molecule has 2 atom stereocenters. The zero-order valence-corrected chi connectivity index (χ0v) is 9.68. The van der Waals surface area contributed by atoms with Crippen molar-refractivity contribution in [2.75, 3.05) is 6.61 Å². The van der Waals surface area contributed by atoms with Crippen LogP contribution in [0, 0.1) is 5.82 Å². The Kier molecular flexibility index (Phi) is 2.93. The van der Waals surface area contributed by atoms with Gasteiger partial charge in [0.15, 0.2) is 11.5 Å². The molecule has 0 aromatic carbocycles. The molecule has 1 aromatic rings. The average molecular weight is 276 g/mol. The minimum atomic E-state index is -2.55.